The summed E-state index contributed by atoms with van der Waals surface area (Å²) in [4.78, 5) is 2.14. The van der Waals surface area contributed by atoms with Crippen LogP contribution in [0.25, 0.3) is 0 Å². The molecular formula is C11H16AlClN. The third-order valence-electron chi connectivity index (χ3n) is 2.21. The van der Waals surface area contributed by atoms with Crippen LogP contribution in [0.15, 0.2) is 24.3 Å². The molecular weight excluding hydrogens is 209 g/mol. The Morgan fingerprint density at radius 2 is 2.14 bits per heavy atom. The maximum Gasteiger partial charge on any atom is 0.356 e. The minimum Gasteiger partial charge on any atom is -0.378 e. The van der Waals surface area contributed by atoms with E-state index in [1.807, 2.05) is 0 Å². The molecule has 0 aliphatic heterocycles. The van der Waals surface area contributed by atoms with Crippen LogP contribution in [0.5, 0.6) is 0 Å². The Labute approximate surface area is 97.0 Å². The van der Waals surface area contributed by atoms with E-state index in [1.165, 1.54) is 23.0 Å². The number of hydrogen-bond acceptors (Lipinski definition) is 1. The molecule has 75 valence electrons. The summed E-state index contributed by atoms with van der Waals surface area (Å²) in [7, 11) is 9.87. The molecule has 0 aromatic heterocycles. The molecule has 1 aromatic rings. The lowest BCUT2D eigenvalue weighted by Gasteiger charge is -2.13. The van der Waals surface area contributed by atoms with E-state index >= 15 is 0 Å². The molecule has 1 aromatic carbocycles. The van der Waals surface area contributed by atoms with Crippen molar-refractivity contribution in [1.82, 2.24) is 0 Å². The number of halogens is 1. The molecule has 0 saturated heterocycles. The normalized spacial score (nSPS) is 9.93. The summed E-state index contributed by atoms with van der Waals surface area (Å²) in [6, 6.07) is 8.70. The van der Waals surface area contributed by atoms with E-state index in [1.54, 1.807) is 0 Å². The quantitative estimate of drug-likeness (QED) is 0.549. The zero-order valence-electron chi connectivity index (χ0n) is 8.83. The smallest absolute Gasteiger partial charge is 0.356 e. The lowest BCUT2D eigenvalue weighted by Crippen LogP contribution is -2.08. The topological polar surface area (TPSA) is 3.24 Å². The summed E-state index contributed by atoms with van der Waals surface area (Å²) >= 11 is 0.149. The second kappa shape index (κ2) is 6.35. The molecule has 0 saturated carbocycles. The fourth-order valence-corrected chi connectivity index (χ4v) is 2.19. The maximum atomic E-state index is 5.72. The molecule has 0 aliphatic rings. The van der Waals surface area contributed by atoms with Gasteiger partial charge in [0.1, 0.15) is 0 Å². The minimum absolute atomic E-state index is 0.149. The van der Waals surface area contributed by atoms with E-state index < -0.39 is 0 Å². The van der Waals surface area contributed by atoms with Crippen molar-refractivity contribution in [2.24, 2.45) is 0 Å². The molecule has 1 radical (unpaired) electrons. The van der Waals surface area contributed by atoms with Crippen LogP contribution < -0.4 is 4.90 Å². The van der Waals surface area contributed by atoms with Gasteiger partial charge >= 0.3 is 14.3 Å². The summed E-state index contributed by atoms with van der Waals surface area (Å²) in [5, 5.41) is 1.19. The van der Waals surface area contributed by atoms with Crippen LogP contribution in [0.4, 0.5) is 5.69 Å². The van der Waals surface area contributed by atoms with E-state index in [2.05, 4.69) is 43.3 Å². The van der Waals surface area contributed by atoms with Gasteiger partial charge in [0.15, 0.2) is 0 Å². The van der Waals surface area contributed by atoms with Gasteiger partial charge in [0.05, 0.1) is 0 Å². The number of anilines is 1. The molecule has 14 heavy (non-hydrogen) atoms. The molecule has 0 aliphatic carbocycles. The van der Waals surface area contributed by atoms with Gasteiger partial charge in [-0.05, 0) is 24.1 Å². The van der Waals surface area contributed by atoms with Gasteiger partial charge in [-0.3, -0.25) is 10.0 Å². The summed E-state index contributed by atoms with van der Waals surface area (Å²) in [5.74, 6) is 0. The molecule has 0 spiro atoms. The standard InChI is InChI=1S/C11H16N.Al.ClH/c1-4-6-10-7-5-8-11(9-10)12(2)3;;/h5,7-9H,1,4,6H2,2-3H3;;1H/q;+1;/p-1. The first kappa shape index (κ1) is 11.9. The van der Waals surface area contributed by atoms with Crippen molar-refractivity contribution in [2.75, 3.05) is 19.0 Å². The molecule has 0 heterocycles. The van der Waals surface area contributed by atoms with Crippen LogP contribution in [0.2, 0.25) is 5.28 Å². The van der Waals surface area contributed by atoms with Crippen molar-refractivity contribution in [3.8, 4) is 0 Å². The first-order valence-corrected chi connectivity index (χ1v) is 7.48. The average Bonchev–Trinajstić information content (AvgIpc) is 2.19. The largest absolute Gasteiger partial charge is 0.378 e. The zero-order valence-corrected chi connectivity index (χ0v) is 10.7. The summed E-state index contributed by atoms with van der Waals surface area (Å²) in [6.07, 6.45) is 2.37. The van der Waals surface area contributed by atoms with Crippen molar-refractivity contribution in [3.05, 3.63) is 29.8 Å². The van der Waals surface area contributed by atoms with Crippen LogP contribution in [0, 0.1) is 0 Å². The summed E-state index contributed by atoms with van der Waals surface area (Å²) in [6.45, 7) is 0. The van der Waals surface area contributed by atoms with Crippen LogP contribution in [-0.2, 0) is 6.42 Å². The van der Waals surface area contributed by atoms with Gasteiger partial charge in [0.2, 0.25) is 0 Å². The van der Waals surface area contributed by atoms with E-state index in [9.17, 15) is 0 Å². The second-order valence-corrected chi connectivity index (χ2v) is 5.42. The van der Waals surface area contributed by atoms with Crippen molar-refractivity contribution in [2.45, 2.75) is 18.1 Å². The fraction of sp³-hybridized carbons (Fsp3) is 0.455. The van der Waals surface area contributed by atoms with E-state index in [0.717, 1.165) is 6.42 Å². The molecule has 1 rings (SSSR count). The van der Waals surface area contributed by atoms with Gasteiger partial charge < -0.3 is 4.90 Å². The van der Waals surface area contributed by atoms with Gasteiger partial charge in [-0.1, -0.05) is 23.8 Å². The number of nitrogens with zero attached hydrogens (tertiary/aromatic N) is 1. The third-order valence-corrected chi connectivity index (χ3v) is 3.49. The van der Waals surface area contributed by atoms with E-state index in [-0.39, 0.29) is 14.3 Å². The van der Waals surface area contributed by atoms with Crippen molar-refractivity contribution in [3.63, 3.8) is 0 Å². The Bertz CT molecular complexity index is 276. The predicted octanol–water partition coefficient (Wildman–Crippen LogP) is 2.96. The van der Waals surface area contributed by atoms with Gasteiger partial charge in [0, 0.05) is 19.8 Å². The van der Waals surface area contributed by atoms with Gasteiger partial charge in [-0.15, -0.1) is 0 Å². The highest BCUT2D eigenvalue weighted by molar-refractivity contribution is 6.93. The highest BCUT2D eigenvalue weighted by atomic mass is 35.6. The molecule has 0 bridgehead atoms. The Morgan fingerprint density at radius 1 is 1.36 bits per heavy atom. The Balaban J connectivity index is 2.55. The Hall–Kier alpha value is -0.158. The van der Waals surface area contributed by atoms with Crippen LogP contribution in [0.1, 0.15) is 12.0 Å². The summed E-state index contributed by atoms with van der Waals surface area (Å²) < 4.78 is 0. The molecule has 0 fully saturated rings. The minimum atomic E-state index is 0.149. The number of aryl methyl sites for hydroxylation is 1. The number of hydrogen-bond donors (Lipinski definition) is 0. The Kier molecular flexibility index (Phi) is 5.40. The Morgan fingerprint density at radius 3 is 2.79 bits per heavy atom. The third kappa shape index (κ3) is 3.92. The van der Waals surface area contributed by atoms with Crippen molar-refractivity contribution >= 4 is 30.0 Å². The first-order chi connectivity index (χ1) is 6.74. The van der Waals surface area contributed by atoms with Crippen LogP contribution in [0.3, 0.4) is 0 Å². The number of rotatable bonds is 5. The van der Waals surface area contributed by atoms with Gasteiger partial charge in [-0.25, -0.2) is 0 Å². The van der Waals surface area contributed by atoms with Crippen LogP contribution in [-0.4, -0.2) is 28.4 Å². The lowest BCUT2D eigenvalue weighted by molar-refractivity contribution is 0.916. The van der Waals surface area contributed by atoms with E-state index in [4.69, 9.17) is 10.0 Å². The van der Waals surface area contributed by atoms with Gasteiger partial charge in [-0.2, -0.15) is 0 Å². The van der Waals surface area contributed by atoms with Gasteiger partial charge in [0.25, 0.3) is 0 Å². The molecule has 0 N–H and O–H groups in total. The highest BCUT2D eigenvalue weighted by Gasteiger charge is 1.97. The lowest BCUT2D eigenvalue weighted by atomic mass is 10.1. The molecule has 3 heteroatoms. The van der Waals surface area contributed by atoms with Crippen molar-refractivity contribution < 1.29 is 0 Å². The monoisotopic (exact) mass is 224 g/mol. The summed E-state index contributed by atoms with van der Waals surface area (Å²) in [5.41, 5.74) is 2.70. The number of benzene rings is 1. The fourth-order valence-electron chi connectivity index (χ4n) is 1.37. The SMILES string of the molecule is CN(C)c1cccc(CC[CH2][Al][Cl])c1. The maximum absolute atomic E-state index is 5.72. The molecule has 0 atom stereocenters. The average molecular weight is 225 g/mol. The predicted molar refractivity (Wildman–Crippen MR) is 65.5 cm³/mol. The second-order valence-electron chi connectivity index (χ2n) is 3.61. The van der Waals surface area contributed by atoms with Crippen LogP contribution >= 0.6 is 10.0 Å². The van der Waals surface area contributed by atoms with E-state index in [0.29, 0.717) is 0 Å². The molecule has 1 nitrogen and oxygen atoms in total. The highest BCUT2D eigenvalue weighted by Crippen LogP contribution is 2.15. The molecule has 0 unspecified atom stereocenters. The van der Waals surface area contributed by atoms with Crippen molar-refractivity contribution in [1.29, 1.82) is 0 Å². The first-order valence-electron chi connectivity index (χ1n) is 4.92. The zero-order chi connectivity index (χ0) is 10.4. The molecule has 0 amide bonds.